The Kier molecular flexibility index (Phi) is 5.68. The highest BCUT2D eigenvalue weighted by Crippen LogP contribution is 2.27. The first-order valence-electron chi connectivity index (χ1n) is 8.28. The van der Waals surface area contributed by atoms with Gasteiger partial charge in [0.25, 0.3) is 5.91 Å². The van der Waals surface area contributed by atoms with Crippen LogP contribution in [0, 0.1) is 0 Å². The quantitative estimate of drug-likeness (QED) is 0.446. The standard InChI is InChI=1S/C19H21N5O2S/c1-12(21-2)18(27-20)19(25)22-14-8-6-13(7-9-14)16-11-15(23-24(16)3)17-5-4-10-26-17/h4-11,21H,20H2,1-3H3,(H,22,25)/b18-12-. The number of hydrogen-bond acceptors (Lipinski definition) is 6. The molecule has 0 unspecified atom stereocenters. The predicted octanol–water partition coefficient (Wildman–Crippen LogP) is 3.34. The number of amides is 1. The van der Waals surface area contributed by atoms with Crippen LogP contribution in [0.3, 0.4) is 0 Å². The number of allylic oxidation sites excluding steroid dienone is 1. The number of rotatable bonds is 6. The average Bonchev–Trinajstić information content (AvgIpc) is 3.32. The Bertz CT molecular complexity index is 959. The number of furan rings is 1. The molecular formula is C19H21N5O2S. The zero-order valence-corrected chi connectivity index (χ0v) is 16.1. The summed E-state index contributed by atoms with van der Waals surface area (Å²) >= 11 is 0.918. The Morgan fingerprint density at radius 2 is 2.00 bits per heavy atom. The molecule has 27 heavy (non-hydrogen) atoms. The van der Waals surface area contributed by atoms with E-state index in [1.807, 2.05) is 49.5 Å². The summed E-state index contributed by atoms with van der Waals surface area (Å²) in [6.07, 6.45) is 1.62. The van der Waals surface area contributed by atoms with E-state index in [-0.39, 0.29) is 5.91 Å². The third-order valence-electron chi connectivity index (χ3n) is 4.13. The van der Waals surface area contributed by atoms with Gasteiger partial charge in [-0.3, -0.25) is 14.6 Å². The lowest BCUT2D eigenvalue weighted by molar-refractivity contribution is -0.112. The molecule has 0 saturated carbocycles. The van der Waals surface area contributed by atoms with E-state index in [9.17, 15) is 4.79 Å². The molecule has 2 aromatic heterocycles. The number of aromatic nitrogens is 2. The third-order valence-corrected chi connectivity index (χ3v) is 4.86. The normalized spacial score (nSPS) is 11.9. The minimum absolute atomic E-state index is 0.247. The van der Waals surface area contributed by atoms with E-state index in [2.05, 4.69) is 15.7 Å². The van der Waals surface area contributed by atoms with Gasteiger partial charge in [-0.2, -0.15) is 5.10 Å². The van der Waals surface area contributed by atoms with Crippen LogP contribution in [0.2, 0.25) is 0 Å². The van der Waals surface area contributed by atoms with Gasteiger partial charge in [0.2, 0.25) is 0 Å². The van der Waals surface area contributed by atoms with Crippen LogP contribution in [0.25, 0.3) is 22.7 Å². The van der Waals surface area contributed by atoms with Gasteiger partial charge < -0.3 is 15.1 Å². The number of hydrogen-bond donors (Lipinski definition) is 3. The van der Waals surface area contributed by atoms with Gasteiger partial charge in [-0.1, -0.05) is 12.1 Å². The maximum atomic E-state index is 12.4. The number of nitrogens with two attached hydrogens (primary N) is 1. The van der Waals surface area contributed by atoms with E-state index in [0.717, 1.165) is 40.4 Å². The molecular weight excluding hydrogens is 362 g/mol. The molecule has 0 saturated heterocycles. The molecule has 2 heterocycles. The average molecular weight is 383 g/mol. The van der Waals surface area contributed by atoms with Crippen LogP contribution in [0.5, 0.6) is 0 Å². The number of carbonyl (C=O) groups excluding carboxylic acids is 1. The van der Waals surface area contributed by atoms with Crippen molar-refractivity contribution in [2.24, 2.45) is 12.2 Å². The van der Waals surface area contributed by atoms with Gasteiger partial charge in [0.05, 0.1) is 12.0 Å². The fourth-order valence-electron chi connectivity index (χ4n) is 2.62. The molecule has 0 aliphatic carbocycles. The number of aryl methyl sites for hydroxylation is 1. The highest BCUT2D eigenvalue weighted by Gasteiger charge is 2.14. The van der Waals surface area contributed by atoms with Crippen LogP contribution in [-0.2, 0) is 11.8 Å². The van der Waals surface area contributed by atoms with E-state index in [4.69, 9.17) is 9.56 Å². The van der Waals surface area contributed by atoms with E-state index in [1.54, 1.807) is 24.9 Å². The van der Waals surface area contributed by atoms with Crippen molar-refractivity contribution in [3.63, 3.8) is 0 Å². The fourth-order valence-corrected chi connectivity index (χ4v) is 3.06. The van der Waals surface area contributed by atoms with Gasteiger partial charge >= 0.3 is 0 Å². The molecule has 8 heteroatoms. The highest BCUT2D eigenvalue weighted by molar-refractivity contribution is 8.01. The smallest absolute Gasteiger partial charge is 0.265 e. The first-order chi connectivity index (χ1) is 13.0. The summed E-state index contributed by atoms with van der Waals surface area (Å²) in [4.78, 5) is 12.8. The number of anilines is 1. The van der Waals surface area contributed by atoms with Crippen molar-refractivity contribution in [1.29, 1.82) is 0 Å². The van der Waals surface area contributed by atoms with Gasteiger partial charge in [0.15, 0.2) is 5.76 Å². The summed E-state index contributed by atoms with van der Waals surface area (Å²) < 4.78 is 7.20. The summed E-state index contributed by atoms with van der Waals surface area (Å²) in [5.41, 5.74) is 4.11. The van der Waals surface area contributed by atoms with Crippen molar-refractivity contribution in [3.05, 3.63) is 59.3 Å². The SMILES string of the molecule is CN/C(C)=C(\SN)C(=O)Nc1ccc(-c2cc(-c3ccco3)nn2C)cc1. The van der Waals surface area contributed by atoms with Gasteiger partial charge in [-0.25, -0.2) is 0 Å². The Labute approximate surface area is 161 Å². The van der Waals surface area contributed by atoms with E-state index < -0.39 is 0 Å². The lowest BCUT2D eigenvalue weighted by Gasteiger charge is -2.10. The van der Waals surface area contributed by atoms with Crippen molar-refractivity contribution >= 4 is 23.5 Å². The van der Waals surface area contributed by atoms with Crippen LogP contribution in [-0.4, -0.2) is 22.7 Å². The molecule has 0 bridgehead atoms. The van der Waals surface area contributed by atoms with Crippen molar-refractivity contribution in [2.45, 2.75) is 6.92 Å². The van der Waals surface area contributed by atoms with Crippen LogP contribution in [0.1, 0.15) is 6.92 Å². The summed E-state index contributed by atoms with van der Waals surface area (Å²) in [5.74, 6) is 0.474. The molecule has 4 N–H and O–H groups in total. The van der Waals surface area contributed by atoms with Crippen molar-refractivity contribution in [1.82, 2.24) is 15.1 Å². The zero-order chi connectivity index (χ0) is 19.4. The van der Waals surface area contributed by atoms with E-state index in [1.165, 1.54) is 0 Å². The van der Waals surface area contributed by atoms with Crippen LogP contribution in [0.15, 0.2) is 63.7 Å². The lowest BCUT2D eigenvalue weighted by Crippen LogP contribution is -2.18. The van der Waals surface area contributed by atoms with E-state index in [0.29, 0.717) is 10.6 Å². The van der Waals surface area contributed by atoms with E-state index >= 15 is 0 Å². The van der Waals surface area contributed by atoms with Gasteiger partial charge in [0.1, 0.15) is 10.6 Å². The largest absolute Gasteiger partial charge is 0.463 e. The minimum atomic E-state index is -0.247. The second-order valence-electron chi connectivity index (χ2n) is 5.87. The molecule has 3 rings (SSSR count). The molecule has 0 fully saturated rings. The zero-order valence-electron chi connectivity index (χ0n) is 15.3. The first-order valence-corrected chi connectivity index (χ1v) is 9.16. The molecule has 0 aliphatic rings. The summed E-state index contributed by atoms with van der Waals surface area (Å²) in [5, 5.41) is 15.9. The molecule has 0 radical (unpaired) electrons. The molecule has 0 aliphatic heterocycles. The van der Waals surface area contributed by atoms with Gasteiger partial charge in [-0.05, 0) is 54.8 Å². The Balaban J connectivity index is 1.79. The van der Waals surface area contributed by atoms with Crippen molar-refractivity contribution in [3.8, 4) is 22.7 Å². The van der Waals surface area contributed by atoms with Crippen molar-refractivity contribution < 1.29 is 9.21 Å². The Morgan fingerprint density at radius 1 is 1.26 bits per heavy atom. The summed E-state index contributed by atoms with van der Waals surface area (Å²) in [6, 6.07) is 13.2. The number of nitrogens with zero attached hydrogens (tertiary/aromatic N) is 2. The fraction of sp³-hybridized carbons (Fsp3) is 0.158. The monoisotopic (exact) mass is 383 g/mol. The summed E-state index contributed by atoms with van der Waals surface area (Å²) in [6.45, 7) is 1.80. The molecule has 3 aromatic rings. The third kappa shape index (κ3) is 4.07. The van der Waals surface area contributed by atoms with Crippen LogP contribution < -0.4 is 15.8 Å². The first kappa shape index (κ1) is 18.8. The predicted molar refractivity (Wildman–Crippen MR) is 109 cm³/mol. The number of carbonyl (C=O) groups is 1. The van der Waals surface area contributed by atoms with Crippen molar-refractivity contribution in [2.75, 3.05) is 12.4 Å². The van der Waals surface area contributed by atoms with Crippen LogP contribution >= 0.6 is 11.9 Å². The Hall–Kier alpha value is -2.97. The minimum Gasteiger partial charge on any atom is -0.463 e. The van der Waals surface area contributed by atoms with Gasteiger partial charge in [0, 0.05) is 25.5 Å². The maximum absolute atomic E-state index is 12.4. The van der Waals surface area contributed by atoms with Crippen LogP contribution in [0.4, 0.5) is 5.69 Å². The van der Waals surface area contributed by atoms with Gasteiger partial charge in [-0.15, -0.1) is 0 Å². The molecule has 140 valence electrons. The second-order valence-corrected chi connectivity index (χ2v) is 6.51. The lowest BCUT2D eigenvalue weighted by atomic mass is 10.1. The molecule has 1 amide bonds. The maximum Gasteiger partial charge on any atom is 0.265 e. The molecule has 0 spiro atoms. The number of nitrogens with one attached hydrogen (secondary N) is 2. The Morgan fingerprint density at radius 3 is 2.59 bits per heavy atom. The molecule has 7 nitrogen and oxygen atoms in total. The molecule has 1 aromatic carbocycles. The highest BCUT2D eigenvalue weighted by atomic mass is 32.2. The second kappa shape index (κ2) is 8.15. The topological polar surface area (TPSA) is 98.1 Å². The molecule has 0 atom stereocenters. The number of benzene rings is 1. The summed E-state index contributed by atoms with van der Waals surface area (Å²) in [7, 11) is 3.63.